The van der Waals surface area contributed by atoms with Crippen LogP contribution in [0.3, 0.4) is 0 Å². The van der Waals surface area contributed by atoms with Gasteiger partial charge in [0, 0.05) is 28.7 Å². The second-order valence-corrected chi connectivity index (χ2v) is 6.17. The molecule has 3 nitrogen and oxygen atoms in total. The fraction of sp³-hybridized carbons (Fsp3) is 0.136. The molecule has 3 aromatic rings. The lowest BCUT2D eigenvalue weighted by atomic mass is 9.90. The van der Waals surface area contributed by atoms with Crippen LogP contribution in [0.2, 0.25) is 0 Å². The van der Waals surface area contributed by atoms with E-state index < -0.39 is 0 Å². The molecule has 0 fully saturated rings. The van der Waals surface area contributed by atoms with E-state index >= 15 is 0 Å². The zero-order valence-electron chi connectivity index (χ0n) is 14.0. The van der Waals surface area contributed by atoms with Crippen LogP contribution >= 0.6 is 0 Å². The van der Waals surface area contributed by atoms with E-state index in [1.54, 1.807) is 7.11 Å². The molecule has 1 N–H and O–H groups in total. The Balaban J connectivity index is 2.05. The van der Waals surface area contributed by atoms with Crippen LogP contribution in [-0.2, 0) is 6.42 Å². The molecule has 0 aromatic heterocycles. The third-order valence-electron chi connectivity index (χ3n) is 4.74. The number of methoxy groups -OCH3 is 1. The molecule has 0 aliphatic heterocycles. The van der Waals surface area contributed by atoms with Gasteiger partial charge in [0.2, 0.25) is 0 Å². The van der Waals surface area contributed by atoms with Crippen molar-refractivity contribution >= 4 is 5.78 Å². The number of ether oxygens (including phenoxy) is 1. The number of hydrogen-bond donors (Lipinski definition) is 1. The Bertz CT molecular complexity index is 959. The van der Waals surface area contributed by atoms with Gasteiger partial charge in [0.25, 0.3) is 0 Å². The van der Waals surface area contributed by atoms with E-state index in [0.717, 1.165) is 16.7 Å². The van der Waals surface area contributed by atoms with Crippen molar-refractivity contribution in [2.75, 3.05) is 7.11 Å². The number of carbonyl (C=O) groups excluding carboxylic acids is 1. The number of para-hydroxylation sites is 1. The molecule has 0 saturated carbocycles. The molecule has 1 aliphatic carbocycles. The maximum Gasteiger partial charge on any atom is 0.164 e. The van der Waals surface area contributed by atoms with E-state index in [4.69, 9.17) is 4.74 Å². The second-order valence-electron chi connectivity index (χ2n) is 6.17. The number of aromatic hydroxyl groups is 1. The molecular weight excluding hydrogens is 312 g/mol. The molecular formula is C22H18O3. The third kappa shape index (κ3) is 2.49. The quantitative estimate of drug-likeness (QED) is 0.746. The summed E-state index contributed by atoms with van der Waals surface area (Å²) in [6.45, 7) is 0. The molecule has 3 heteroatoms. The number of rotatable bonds is 3. The van der Waals surface area contributed by atoms with Gasteiger partial charge in [-0.3, -0.25) is 4.79 Å². The predicted molar refractivity (Wildman–Crippen MR) is 98.2 cm³/mol. The standard InChI is InChI=1S/C22H18O3/c1-25-19-10-6-5-9-16(19)17-13-15-11-12-18(23)20(15)21(22(17)24)14-7-3-2-4-8-14/h2-10,13,24H,11-12H2,1H3. The second kappa shape index (κ2) is 6.10. The molecule has 0 spiro atoms. The number of benzene rings is 3. The minimum Gasteiger partial charge on any atom is -0.507 e. The van der Waals surface area contributed by atoms with E-state index in [0.29, 0.717) is 35.3 Å². The van der Waals surface area contributed by atoms with E-state index in [1.807, 2.05) is 60.7 Å². The first-order valence-electron chi connectivity index (χ1n) is 8.31. The molecule has 4 rings (SSSR count). The Morgan fingerprint density at radius 3 is 2.36 bits per heavy atom. The molecule has 0 amide bonds. The van der Waals surface area contributed by atoms with Crippen molar-refractivity contribution in [1.29, 1.82) is 0 Å². The number of Topliss-reactive ketones (excluding diaryl/α,β-unsaturated/α-hetero) is 1. The zero-order chi connectivity index (χ0) is 17.4. The van der Waals surface area contributed by atoms with Gasteiger partial charge in [-0.2, -0.15) is 0 Å². The Hall–Kier alpha value is -3.07. The molecule has 0 heterocycles. The normalized spacial score (nSPS) is 12.9. The molecule has 1 aliphatic rings. The van der Waals surface area contributed by atoms with Gasteiger partial charge < -0.3 is 9.84 Å². The van der Waals surface area contributed by atoms with Crippen molar-refractivity contribution in [3.63, 3.8) is 0 Å². The molecule has 0 atom stereocenters. The summed E-state index contributed by atoms with van der Waals surface area (Å²) in [4.78, 5) is 12.4. The number of phenols is 1. The van der Waals surface area contributed by atoms with E-state index in [-0.39, 0.29) is 11.5 Å². The average Bonchev–Trinajstić information content (AvgIpc) is 3.02. The highest BCUT2D eigenvalue weighted by atomic mass is 16.5. The summed E-state index contributed by atoms with van der Waals surface area (Å²) in [6, 6.07) is 19.1. The first-order valence-corrected chi connectivity index (χ1v) is 8.31. The summed E-state index contributed by atoms with van der Waals surface area (Å²) in [5.41, 5.74) is 4.64. The van der Waals surface area contributed by atoms with Crippen molar-refractivity contribution in [3.05, 3.63) is 71.8 Å². The number of fused-ring (bicyclic) bond motifs is 1. The highest BCUT2D eigenvalue weighted by Gasteiger charge is 2.28. The van der Waals surface area contributed by atoms with Crippen LogP contribution in [0.1, 0.15) is 22.3 Å². The Kier molecular flexibility index (Phi) is 3.77. The Labute approximate surface area is 146 Å². The van der Waals surface area contributed by atoms with Gasteiger partial charge in [-0.25, -0.2) is 0 Å². The predicted octanol–water partition coefficient (Wildman–Crippen LogP) is 4.86. The largest absolute Gasteiger partial charge is 0.507 e. The van der Waals surface area contributed by atoms with Crippen LogP contribution in [0.4, 0.5) is 0 Å². The summed E-state index contributed by atoms with van der Waals surface area (Å²) in [5, 5.41) is 11.1. The fourth-order valence-electron chi connectivity index (χ4n) is 3.58. The van der Waals surface area contributed by atoms with Gasteiger partial charge in [-0.15, -0.1) is 0 Å². The summed E-state index contributed by atoms with van der Waals surface area (Å²) in [5.74, 6) is 0.918. The molecule has 25 heavy (non-hydrogen) atoms. The monoisotopic (exact) mass is 330 g/mol. The zero-order valence-corrected chi connectivity index (χ0v) is 14.0. The fourth-order valence-corrected chi connectivity index (χ4v) is 3.58. The maximum atomic E-state index is 12.4. The van der Waals surface area contributed by atoms with Gasteiger partial charge in [0.15, 0.2) is 5.78 Å². The number of carbonyl (C=O) groups is 1. The highest BCUT2D eigenvalue weighted by Crippen LogP contribution is 2.46. The number of aryl methyl sites for hydroxylation is 1. The van der Waals surface area contributed by atoms with Gasteiger partial charge in [0.05, 0.1) is 7.11 Å². The lowest BCUT2D eigenvalue weighted by Gasteiger charge is -2.17. The first-order chi connectivity index (χ1) is 12.2. The molecule has 124 valence electrons. The van der Waals surface area contributed by atoms with E-state index in [1.165, 1.54) is 0 Å². The van der Waals surface area contributed by atoms with Gasteiger partial charge in [-0.1, -0.05) is 48.5 Å². The number of ketones is 1. The molecule has 0 radical (unpaired) electrons. The third-order valence-corrected chi connectivity index (χ3v) is 4.74. The van der Waals surface area contributed by atoms with Gasteiger partial charge in [-0.05, 0) is 29.7 Å². The summed E-state index contributed by atoms with van der Waals surface area (Å²) in [6.07, 6.45) is 1.19. The van der Waals surface area contributed by atoms with Crippen LogP contribution < -0.4 is 4.74 Å². The van der Waals surface area contributed by atoms with Crippen molar-refractivity contribution in [2.24, 2.45) is 0 Å². The van der Waals surface area contributed by atoms with Crippen LogP contribution in [-0.4, -0.2) is 18.0 Å². The van der Waals surface area contributed by atoms with Crippen molar-refractivity contribution in [3.8, 4) is 33.8 Å². The molecule has 0 saturated heterocycles. The van der Waals surface area contributed by atoms with E-state index in [9.17, 15) is 9.90 Å². The highest BCUT2D eigenvalue weighted by molar-refractivity contribution is 6.09. The smallest absolute Gasteiger partial charge is 0.164 e. The summed E-state index contributed by atoms with van der Waals surface area (Å²) < 4.78 is 5.46. The van der Waals surface area contributed by atoms with Crippen LogP contribution in [0.15, 0.2) is 60.7 Å². The van der Waals surface area contributed by atoms with Crippen molar-refractivity contribution < 1.29 is 14.6 Å². The minimum atomic E-state index is 0.0933. The maximum absolute atomic E-state index is 12.4. The Morgan fingerprint density at radius 1 is 0.880 bits per heavy atom. The van der Waals surface area contributed by atoms with Crippen molar-refractivity contribution in [1.82, 2.24) is 0 Å². The van der Waals surface area contributed by atoms with Crippen LogP contribution in [0.25, 0.3) is 22.3 Å². The van der Waals surface area contributed by atoms with Crippen LogP contribution in [0.5, 0.6) is 11.5 Å². The Morgan fingerprint density at radius 2 is 1.60 bits per heavy atom. The van der Waals surface area contributed by atoms with Gasteiger partial charge >= 0.3 is 0 Å². The lowest BCUT2D eigenvalue weighted by molar-refractivity contribution is 0.0995. The molecule has 3 aromatic carbocycles. The molecule has 0 bridgehead atoms. The van der Waals surface area contributed by atoms with Crippen molar-refractivity contribution in [2.45, 2.75) is 12.8 Å². The SMILES string of the molecule is COc1ccccc1-c1cc2c(c(-c3ccccc3)c1O)C(=O)CC2. The van der Waals surface area contributed by atoms with Gasteiger partial charge in [0.1, 0.15) is 11.5 Å². The molecule has 0 unspecified atom stereocenters. The number of hydrogen-bond acceptors (Lipinski definition) is 3. The van der Waals surface area contributed by atoms with Crippen LogP contribution in [0, 0.1) is 0 Å². The first kappa shape index (κ1) is 15.5. The lowest BCUT2D eigenvalue weighted by Crippen LogP contribution is -1.98. The topological polar surface area (TPSA) is 46.5 Å². The van der Waals surface area contributed by atoms with E-state index in [2.05, 4.69) is 0 Å². The minimum absolute atomic E-state index is 0.0933. The summed E-state index contributed by atoms with van der Waals surface area (Å²) in [7, 11) is 1.62. The number of phenolic OH excluding ortho intramolecular Hbond substituents is 1. The summed E-state index contributed by atoms with van der Waals surface area (Å²) >= 11 is 0. The average molecular weight is 330 g/mol.